The molecule has 0 unspecified atom stereocenters. The number of hydrogen-bond donors (Lipinski definition) is 2. The number of carbonyl (C=O) groups excluding carboxylic acids is 1. The van der Waals surface area contributed by atoms with Crippen LogP contribution in [-0.4, -0.2) is 31.7 Å². The SMILES string of the molecule is COc1ccc(CNC(=O)c2ccc(NCCc3ccccc3)cn2)cc1OC. The van der Waals surface area contributed by atoms with Crippen molar-refractivity contribution < 1.29 is 14.3 Å². The summed E-state index contributed by atoms with van der Waals surface area (Å²) in [4.78, 5) is 16.6. The maximum absolute atomic E-state index is 12.4. The first-order valence-corrected chi connectivity index (χ1v) is 9.42. The molecule has 6 nitrogen and oxygen atoms in total. The molecular formula is C23H25N3O3. The molecule has 2 aromatic carbocycles. The van der Waals surface area contributed by atoms with Gasteiger partial charge in [0, 0.05) is 13.1 Å². The van der Waals surface area contributed by atoms with Gasteiger partial charge in [0.05, 0.1) is 26.1 Å². The average molecular weight is 391 g/mol. The fraction of sp³-hybridized carbons (Fsp3) is 0.217. The largest absolute Gasteiger partial charge is 0.493 e. The van der Waals surface area contributed by atoms with E-state index in [4.69, 9.17) is 9.47 Å². The molecule has 150 valence electrons. The molecule has 6 heteroatoms. The molecule has 0 spiro atoms. The van der Waals surface area contributed by atoms with Crippen LogP contribution in [0.4, 0.5) is 5.69 Å². The lowest BCUT2D eigenvalue weighted by atomic mass is 10.1. The lowest BCUT2D eigenvalue weighted by molar-refractivity contribution is 0.0946. The highest BCUT2D eigenvalue weighted by Gasteiger charge is 2.09. The lowest BCUT2D eigenvalue weighted by Crippen LogP contribution is -2.23. The minimum absolute atomic E-state index is 0.226. The molecule has 1 amide bonds. The second kappa shape index (κ2) is 10.1. The molecule has 0 fully saturated rings. The number of nitrogens with one attached hydrogen (secondary N) is 2. The molecule has 0 atom stereocenters. The molecule has 0 aliphatic rings. The van der Waals surface area contributed by atoms with Gasteiger partial charge < -0.3 is 20.1 Å². The van der Waals surface area contributed by atoms with Crippen LogP contribution in [0, 0.1) is 0 Å². The number of rotatable bonds is 9. The zero-order chi connectivity index (χ0) is 20.5. The highest BCUT2D eigenvalue weighted by atomic mass is 16.5. The van der Waals surface area contributed by atoms with Gasteiger partial charge in [-0.15, -0.1) is 0 Å². The van der Waals surface area contributed by atoms with Gasteiger partial charge in [0.1, 0.15) is 5.69 Å². The quantitative estimate of drug-likeness (QED) is 0.582. The summed E-state index contributed by atoms with van der Waals surface area (Å²) in [5, 5.41) is 6.19. The van der Waals surface area contributed by atoms with Gasteiger partial charge in [-0.2, -0.15) is 0 Å². The summed E-state index contributed by atoms with van der Waals surface area (Å²) in [6.45, 7) is 1.18. The van der Waals surface area contributed by atoms with Crippen LogP contribution in [0.15, 0.2) is 66.9 Å². The topological polar surface area (TPSA) is 72.5 Å². The first kappa shape index (κ1) is 20.2. The van der Waals surface area contributed by atoms with E-state index < -0.39 is 0 Å². The third-order valence-corrected chi connectivity index (χ3v) is 4.48. The Morgan fingerprint density at radius 2 is 1.72 bits per heavy atom. The van der Waals surface area contributed by atoms with Crippen LogP contribution < -0.4 is 20.1 Å². The van der Waals surface area contributed by atoms with Crippen LogP contribution in [0.5, 0.6) is 11.5 Å². The summed E-state index contributed by atoms with van der Waals surface area (Å²) in [6, 6.07) is 19.4. The van der Waals surface area contributed by atoms with Gasteiger partial charge in [-0.05, 0) is 41.8 Å². The maximum atomic E-state index is 12.4. The van der Waals surface area contributed by atoms with Crippen molar-refractivity contribution in [3.05, 3.63) is 83.7 Å². The van der Waals surface area contributed by atoms with E-state index in [9.17, 15) is 4.79 Å². The number of carbonyl (C=O) groups is 1. The number of anilines is 1. The minimum atomic E-state index is -0.226. The summed E-state index contributed by atoms with van der Waals surface area (Å²) in [5.74, 6) is 1.05. The lowest BCUT2D eigenvalue weighted by Gasteiger charge is -2.10. The smallest absolute Gasteiger partial charge is 0.270 e. The van der Waals surface area contributed by atoms with Crippen molar-refractivity contribution in [2.45, 2.75) is 13.0 Å². The number of pyridine rings is 1. The monoisotopic (exact) mass is 391 g/mol. The molecule has 3 aromatic rings. The Hall–Kier alpha value is -3.54. The van der Waals surface area contributed by atoms with Crippen molar-refractivity contribution in [3.63, 3.8) is 0 Å². The molecule has 3 rings (SSSR count). The second-order valence-electron chi connectivity index (χ2n) is 6.47. The third-order valence-electron chi connectivity index (χ3n) is 4.48. The van der Waals surface area contributed by atoms with E-state index in [0.29, 0.717) is 23.7 Å². The van der Waals surface area contributed by atoms with E-state index in [2.05, 4.69) is 27.8 Å². The zero-order valence-electron chi connectivity index (χ0n) is 16.6. The number of aromatic nitrogens is 1. The number of amides is 1. The summed E-state index contributed by atoms with van der Waals surface area (Å²) >= 11 is 0. The number of benzene rings is 2. The summed E-state index contributed by atoms with van der Waals surface area (Å²) in [5.41, 5.74) is 3.45. The summed E-state index contributed by atoms with van der Waals surface area (Å²) in [7, 11) is 3.17. The highest BCUT2D eigenvalue weighted by Crippen LogP contribution is 2.27. The molecule has 0 bridgehead atoms. The molecule has 2 N–H and O–H groups in total. The number of nitrogens with zero attached hydrogens (tertiary/aromatic N) is 1. The highest BCUT2D eigenvalue weighted by molar-refractivity contribution is 5.92. The van der Waals surface area contributed by atoms with Crippen LogP contribution in [-0.2, 0) is 13.0 Å². The first-order chi connectivity index (χ1) is 14.2. The van der Waals surface area contributed by atoms with E-state index in [1.165, 1.54) is 5.56 Å². The fourth-order valence-corrected chi connectivity index (χ4v) is 2.89. The standard InChI is InChI=1S/C23H25N3O3/c1-28-21-11-8-18(14-22(21)29-2)15-26-23(27)20-10-9-19(16-25-20)24-13-12-17-6-4-3-5-7-17/h3-11,14,16,24H,12-13,15H2,1-2H3,(H,26,27). The van der Waals surface area contributed by atoms with Gasteiger partial charge in [0.25, 0.3) is 5.91 Å². The Morgan fingerprint density at radius 3 is 2.41 bits per heavy atom. The van der Waals surface area contributed by atoms with Crippen molar-refractivity contribution in [3.8, 4) is 11.5 Å². The number of ether oxygens (including phenoxy) is 2. The van der Waals surface area contributed by atoms with Crippen LogP contribution >= 0.6 is 0 Å². The van der Waals surface area contributed by atoms with E-state index in [1.807, 2.05) is 42.5 Å². The van der Waals surface area contributed by atoms with E-state index >= 15 is 0 Å². The van der Waals surface area contributed by atoms with Gasteiger partial charge in [0.2, 0.25) is 0 Å². The van der Waals surface area contributed by atoms with Gasteiger partial charge in [-0.25, -0.2) is 4.98 Å². The summed E-state index contributed by atoms with van der Waals surface area (Å²) in [6.07, 6.45) is 2.60. The molecule has 1 aromatic heterocycles. The van der Waals surface area contributed by atoms with Gasteiger partial charge in [-0.1, -0.05) is 36.4 Å². The fourth-order valence-electron chi connectivity index (χ4n) is 2.89. The number of methoxy groups -OCH3 is 2. The Labute approximate surface area is 170 Å². The van der Waals surface area contributed by atoms with E-state index in [1.54, 1.807) is 26.5 Å². The molecule has 0 saturated carbocycles. The Bertz CT molecular complexity index is 928. The molecule has 0 aliphatic heterocycles. The van der Waals surface area contributed by atoms with Crippen molar-refractivity contribution in [1.82, 2.24) is 10.3 Å². The molecule has 0 radical (unpaired) electrons. The van der Waals surface area contributed by atoms with Crippen molar-refractivity contribution in [1.29, 1.82) is 0 Å². The molecule has 0 saturated heterocycles. The van der Waals surface area contributed by atoms with Crippen LogP contribution in [0.3, 0.4) is 0 Å². The van der Waals surface area contributed by atoms with Crippen molar-refractivity contribution in [2.24, 2.45) is 0 Å². The van der Waals surface area contributed by atoms with Crippen LogP contribution in [0.25, 0.3) is 0 Å². The average Bonchev–Trinajstić information content (AvgIpc) is 2.78. The van der Waals surface area contributed by atoms with Crippen LogP contribution in [0.1, 0.15) is 21.6 Å². The molecular weight excluding hydrogens is 366 g/mol. The van der Waals surface area contributed by atoms with Gasteiger partial charge >= 0.3 is 0 Å². The third kappa shape index (κ3) is 5.72. The normalized spacial score (nSPS) is 10.3. The van der Waals surface area contributed by atoms with Crippen LogP contribution in [0.2, 0.25) is 0 Å². The van der Waals surface area contributed by atoms with Gasteiger partial charge in [-0.3, -0.25) is 4.79 Å². The molecule has 1 heterocycles. The predicted octanol–water partition coefficient (Wildman–Crippen LogP) is 3.68. The van der Waals surface area contributed by atoms with Crippen molar-refractivity contribution in [2.75, 3.05) is 26.1 Å². The van der Waals surface area contributed by atoms with Gasteiger partial charge in [0.15, 0.2) is 11.5 Å². The Morgan fingerprint density at radius 1 is 0.931 bits per heavy atom. The van der Waals surface area contributed by atoms with Crippen molar-refractivity contribution >= 4 is 11.6 Å². The molecule has 29 heavy (non-hydrogen) atoms. The maximum Gasteiger partial charge on any atom is 0.270 e. The van der Waals surface area contributed by atoms with E-state index in [-0.39, 0.29) is 5.91 Å². The first-order valence-electron chi connectivity index (χ1n) is 9.42. The Balaban J connectivity index is 1.50. The second-order valence-corrected chi connectivity index (χ2v) is 6.47. The zero-order valence-corrected chi connectivity index (χ0v) is 16.6. The summed E-state index contributed by atoms with van der Waals surface area (Å²) < 4.78 is 10.5. The predicted molar refractivity (Wildman–Crippen MR) is 114 cm³/mol. The number of hydrogen-bond acceptors (Lipinski definition) is 5. The molecule has 0 aliphatic carbocycles. The minimum Gasteiger partial charge on any atom is -0.493 e. The van der Waals surface area contributed by atoms with E-state index in [0.717, 1.165) is 24.2 Å². The Kier molecular flexibility index (Phi) is 7.05.